The lowest BCUT2D eigenvalue weighted by molar-refractivity contribution is -0.384. The van der Waals surface area contributed by atoms with Crippen LogP contribution in [0.2, 0.25) is 0 Å². The second-order valence-corrected chi connectivity index (χ2v) is 8.86. The Morgan fingerprint density at radius 1 is 1.29 bits per heavy atom. The number of non-ortho nitro benzene ring substituents is 1. The van der Waals surface area contributed by atoms with Crippen LogP contribution in [-0.2, 0) is 21.2 Å². The minimum Gasteiger partial charge on any atom is -0.484 e. The van der Waals surface area contributed by atoms with Gasteiger partial charge >= 0.3 is 0 Å². The van der Waals surface area contributed by atoms with Crippen molar-refractivity contribution in [3.8, 4) is 5.75 Å². The summed E-state index contributed by atoms with van der Waals surface area (Å²) in [5, 5.41) is 10.7. The molecule has 3 rings (SSSR count). The van der Waals surface area contributed by atoms with Crippen LogP contribution in [0.4, 0.5) is 5.69 Å². The Morgan fingerprint density at radius 3 is 2.54 bits per heavy atom. The van der Waals surface area contributed by atoms with Crippen LogP contribution < -0.4 is 4.74 Å². The summed E-state index contributed by atoms with van der Waals surface area (Å²) in [6.45, 7) is 1.62. The number of hydrogen-bond donors (Lipinski definition) is 0. The summed E-state index contributed by atoms with van der Waals surface area (Å²) in [4.78, 5) is 24.4. The zero-order valence-electron chi connectivity index (χ0n) is 15.2. The standard InChI is InChI=1S/C18H20N2O7S/c1-13-2-5-17(27-13)10-19(15-8-9-28(24,25)12-15)18(21)11-26-16-6-3-14(4-7-16)20(22)23/h2-7,15H,8-12H2,1H3/t15-/m1/s1. The molecule has 28 heavy (non-hydrogen) atoms. The molecule has 10 heteroatoms. The molecule has 1 aromatic carbocycles. The molecule has 1 aromatic heterocycles. The molecule has 1 fully saturated rings. The number of carbonyl (C=O) groups excluding carboxylic acids is 1. The molecule has 0 N–H and O–H groups in total. The second kappa shape index (κ2) is 8.01. The third-order valence-corrected chi connectivity index (χ3v) is 6.25. The van der Waals surface area contributed by atoms with Crippen molar-refractivity contribution in [2.75, 3.05) is 18.1 Å². The van der Waals surface area contributed by atoms with Crippen LogP contribution in [0.5, 0.6) is 5.75 Å². The molecular weight excluding hydrogens is 388 g/mol. The van der Waals surface area contributed by atoms with Crippen LogP contribution in [0, 0.1) is 17.0 Å². The Balaban J connectivity index is 1.69. The van der Waals surface area contributed by atoms with Crippen molar-refractivity contribution in [2.24, 2.45) is 0 Å². The minimum absolute atomic E-state index is 0.0435. The number of sulfone groups is 1. The summed E-state index contributed by atoms with van der Waals surface area (Å²) in [6, 6.07) is 8.47. The van der Waals surface area contributed by atoms with E-state index in [0.29, 0.717) is 23.7 Å². The lowest BCUT2D eigenvalue weighted by Gasteiger charge is -2.27. The van der Waals surface area contributed by atoms with Gasteiger partial charge in [-0.1, -0.05) is 0 Å². The van der Waals surface area contributed by atoms with E-state index in [1.165, 1.54) is 29.2 Å². The number of amides is 1. The zero-order chi connectivity index (χ0) is 20.3. The summed E-state index contributed by atoms with van der Waals surface area (Å²) in [7, 11) is -3.17. The van der Waals surface area contributed by atoms with E-state index in [0.717, 1.165) is 0 Å². The molecule has 150 valence electrons. The molecular formula is C18H20N2O7S. The van der Waals surface area contributed by atoms with Crippen molar-refractivity contribution in [1.29, 1.82) is 0 Å². The topological polar surface area (TPSA) is 120 Å². The molecule has 0 saturated carbocycles. The van der Waals surface area contributed by atoms with Crippen molar-refractivity contribution in [1.82, 2.24) is 4.90 Å². The van der Waals surface area contributed by atoms with Crippen LogP contribution in [-0.4, -0.2) is 48.3 Å². The molecule has 1 atom stereocenters. The average molecular weight is 408 g/mol. The Kier molecular flexibility index (Phi) is 5.68. The maximum atomic E-state index is 12.8. The highest BCUT2D eigenvalue weighted by molar-refractivity contribution is 7.91. The van der Waals surface area contributed by atoms with Crippen LogP contribution in [0.25, 0.3) is 0 Å². The Hall–Kier alpha value is -2.88. The molecule has 1 aliphatic rings. The summed E-state index contributed by atoms with van der Waals surface area (Å²) >= 11 is 0. The fourth-order valence-electron chi connectivity index (χ4n) is 3.07. The molecule has 1 saturated heterocycles. The monoisotopic (exact) mass is 408 g/mol. The molecule has 1 amide bonds. The number of furan rings is 1. The van der Waals surface area contributed by atoms with E-state index in [1.54, 1.807) is 19.1 Å². The molecule has 9 nitrogen and oxygen atoms in total. The number of benzene rings is 1. The van der Waals surface area contributed by atoms with Crippen molar-refractivity contribution in [2.45, 2.75) is 25.9 Å². The maximum Gasteiger partial charge on any atom is 0.269 e. The molecule has 2 heterocycles. The van der Waals surface area contributed by atoms with Gasteiger partial charge in [-0.15, -0.1) is 0 Å². The van der Waals surface area contributed by atoms with Crippen molar-refractivity contribution < 1.29 is 27.3 Å². The summed E-state index contributed by atoms with van der Waals surface area (Å²) in [5.41, 5.74) is -0.0790. The van der Waals surface area contributed by atoms with Crippen LogP contribution in [0.3, 0.4) is 0 Å². The van der Waals surface area contributed by atoms with Crippen LogP contribution in [0.15, 0.2) is 40.8 Å². The van der Waals surface area contributed by atoms with Gasteiger partial charge in [0.15, 0.2) is 16.4 Å². The van der Waals surface area contributed by atoms with E-state index >= 15 is 0 Å². The lowest BCUT2D eigenvalue weighted by Crippen LogP contribution is -2.43. The second-order valence-electron chi connectivity index (χ2n) is 6.63. The molecule has 0 unspecified atom stereocenters. The van der Waals surface area contributed by atoms with Crippen molar-refractivity contribution in [3.63, 3.8) is 0 Å². The van der Waals surface area contributed by atoms with Crippen LogP contribution >= 0.6 is 0 Å². The first-order valence-electron chi connectivity index (χ1n) is 8.66. The number of hydrogen-bond acceptors (Lipinski definition) is 7. The van der Waals surface area contributed by atoms with E-state index in [9.17, 15) is 23.3 Å². The molecule has 0 bridgehead atoms. The van der Waals surface area contributed by atoms with Gasteiger partial charge in [-0.05, 0) is 37.6 Å². The number of nitrogens with zero attached hydrogens (tertiary/aromatic N) is 2. The third kappa shape index (κ3) is 4.89. The van der Waals surface area contributed by atoms with Crippen molar-refractivity contribution >= 4 is 21.4 Å². The molecule has 1 aliphatic heterocycles. The highest BCUT2D eigenvalue weighted by Gasteiger charge is 2.35. The minimum atomic E-state index is -3.17. The first-order chi connectivity index (χ1) is 13.2. The Bertz CT molecular complexity index is 966. The number of rotatable bonds is 7. The van der Waals surface area contributed by atoms with E-state index in [-0.39, 0.29) is 36.3 Å². The summed E-state index contributed by atoms with van der Waals surface area (Å²) in [5.74, 6) is 1.15. The highest BCUT2D eigenvalue weighted by atomic mass is 32.2. The van der Waals surface area contributed by atoms with Gasteiger partial charge in [-0.3, -0.25) is 14.9 Å². The highest BCUT2D eigenvalue weighted by Crippen LogP contribution is 2.22. The van der Waals surface area contributed by atoms with Gasteiger partial charge in [0.05, 0.1) is 23.0 Å². The van der Waals surface area contributed by atoms with Gasteiger partial charge in [0.2, 0.25) is 0 Å². The molecule has 2 aromatic rings. The number of carbonyl (C=O) groups is 1. The number of ether oxygens (including phenoxy) is 1. The van der Waals surface area contributed by atoms with E-state index in [2.05, 4.69) is 0 Å². The fourth-order valence-corrected chi connectivity index (χ4v) is 4.80. The van der Waals surface area contributed by atoms with Gasteiger partial charge in [-0.2, -0.15) is 0 Å². The first kappa shape index (κ1) is 19.9. The molecule has 0 radical (unpaired) electrons. The van der Waals surface area contributed by atoms with Gasteiger partial charge in [-0.25, -0.2) is 8.42 Å². The summed E-state index contributed by atoms with van der Waals surface area (Å²) < 4.78 is 34.7. The van der Waals surface area contributed by atoms with Gasteiger partial charge in [0.1, 0.15) is 17.3 Å². The molecule has 0 spiro atoms. The van der Waals surface area contributed by atoms with Crippen molar-refractivity contribution in [3.05, 3.63) is 58.0 Å². The van der Waals surface area contributed by atoms with Gasteiger partial charge in [0.25, 0.3) is 11.6 Å². The van der Waals surface area contributed by atoms with E-state index in [4.69, 9.17) is 9.15 Å². The number of nitro benzene ring substituents is 1. The van der Waals surface area contributed by atoms with E-state index in [1.807, 2.05) is 0 Å². The third-order valence-electron chi connectivity index (χ3n) is 4.50. The average Bonchev–Trinajstić information content (AvgIpc) is 3.22. The normalized spacial score (nSPS) is 18.0. The van der Waals surface area contributed by atoms with Crippen LogP contribution in [0.1, 0.15) is 17.9 Å². The van der Waals surface area contributed by atoms with E-state index < -0.39 is 20.8 Å². The summed E-state index contributed by atoms with van der Waals surface area (Å²) in [6.07, 6.45) is 0.366. The Labute approximate surface area is 162 Å². The smallest absolute Gasteiger partial charge is 0.269 e. The largest absolute Gasteiger partial charge is 0.484 e. The number of aryl methyl sites for hydroxylation is 1. The first-order valence-corrected chi connectivity index (χ1v) is 10.5. The quantitative estimate of drug-likeness (QED) is 0.508. The SMILES string of the molecule is Cc1ccc(CN(C(=O)COc2ccc([N+](=O)[O-])cc2)[C@@H]2CCS(=O)(=O)C2)o1. The zero-order valence-corrected chi connectivity index (χ0v) is 16.1. The number of nitro groups is 1. The maximum absolute atomic E-state index is 12.8. The predicted molar refractivity (Wildman–Crippen MR) is 99.6 cm³/mol. The Morgan fingerprint density at radius 2 is 2.00 bits per heavy atom. The van der Waals surface area contributed by atoms with Gasteiger partial charge in [0, 0.05) is 18.2 Å². The van der Waals surface area contributed by atoms with Gasteiger partial charge < -0.3 is 14.1 Å². The fraction of sp³-hybridized carbons (Fsp3) is 0.389. The molecule has 0 aliphatic carbocycles. The lowest BCUT2D eigenvalue weighted by atomic mass is 10.2. The predicted octanol–water partition coefficient (Wildman–Crippen LogP) is 2.09.